The molecule has 290 valence electrons. The molecule has 0 unspecified atom stereocenters. The van der Waals surface area contributed by atoms with E-state index in [1.54, 1.807) is 12.3 Å². The summed E-state index contributed by atoms with van der Waals surface area (Å²) in [6.07, 6.45) is 0.830. The van der Waals surface area contributed by atoms with Crippen LogP contribution in [-0.2, 0) is 25.7 Å². The molecule has 0 aliphatic heterocycles. The Morgan fingerprint density at radius 3 is 2.30 bits per heavy atom. The first-order valence-corrected chi connectivity index (χ1v) is 21.4. The van der Waals surface area contributed by atoms with Gasteiger partial charge in [0.1, 0.15) is 24.3 Å². The molecule has 0 spiro atoms. The van der Waals surface area contributed by atoms with Gasteiger partial charge in [0.05, 0.1) is 19.2 Å². The molecule has 4 amide bonds. The second kappa shape index (κ2) is 19.5. The summed E-state index contributed by atoms with van der Waals surface area (Å²) in [7, 11) is -1.52. The fourth-order valence-corrected chi connectivity index (χ4v) is 6.57. The summed E-state index contributed by atoms with van der Waals surface area (Å²) in [5.41, 5.74) is 6.57. The van der Waals surface area contributed by atoms with Crippen molar-refractivity contribution >= 4 is 31.9 Å². The number of alkyl carbamates (subject to hydrolysis) is 1. The summed E-state index contributed by atoms with van der Waals surface area (Å²) in [6, 6.07) is 13.2. The van der Waals surface area contributed by atoms with E-state index in [2.05, 4.69) is 35.6 Å². The molecule has 2 atom stereocenters. The first-order valence-electron chi connectivity index (χ1n) is 17.7. The van der Waals surface area contributed by atoms with Gasteiger partial charge in [-0.1, -0.05) is 70.7 Å². The number of aliphatic hydroxyl groups excluding tert-OH is 1. The van der Waals surface area contributed by atoms with E-state index in [0.29, 0.717) is 23.8 Å². The Labute approximate surface area is 311 Å². The number of carbonyl (C=O) groups is 4. The molecule has 0 saturated carbocycles. The Bertz CT molecular complexity index is 1690. The molecule has 0 fully saturated rings. The minimum Gasteiger partial charge on any atom is -0.450 e. The van der Waals surface area contributed by atoms with Crippen molar-refractivity contribution < 1.29 is 37.8 Å². The molecule has 0 saturated heterocycles. The summed E-state index contributed by atoms with van der Waals surface area (Å²) in [5, 5.41) is 18.1. The zero-order valence-corrected chi connectivity index (χ0v) is 32.5. The number of hydrogen-bond acceptors (Lipinski definition) is 7. The third-order valence-electron chi connectivity index (χ3n) is 8.52. The average Bonchev–Trinajstić information content (AvgIpc) is 3.49. The van der Waals surface area contributed by atoms with E-state index in [1.165, 1.54) is 4.90 Å². The molecule has 0 aliphatic rings. The minimum atomic E-state index is -1.52. The number of aliphatic hydroxyl groups is 1. The van der Waals surface area contributed by atoms with Gasteiger partial charge < -0.3 is 41.0 Å². The number of carbonyl (C=O) groups excluding carboxylic acids is 4. The summed E-state index contributed by atoms with van der Waals surface area (Å²) in [6.45, 7) is 11.6. The topological polar surface area (TPSA) is 168 Å². The predicted molar refractivity (Wildman–Crippen MR) is 202 cm³/mol. The maximum absolute atomic E-state index is 15.1. The highest BCUT2D eigenvalue weighted by Gasteiger charge is 2.38. The first-order chi connectivity index (χ1) is 24.9. The summed E-state index contributed by atoms with van der Waals surface area (Å²) in [5.74, 6) is -2.84. The molecule has 3 rings (SSSR count). The SMILES string of the molecule is CC(C)(C)[C@H](c1cc(-c2cc(F)ccc2F)cn1Cc1ccccc1)N(CC[C@H](NC(=O)OCC[Si](C)(C)C)C(=O)NCCNC(=O)CN)C(=O)CO. The standard InChI is InChI=1S/C38H54F2N6O6Si/c1-38(2,3)35(32-20-27(29-21-28(39)12-13-30(29)40)24-45(32)23-26-10-8-7-9-11-26)46(34(49)25-47)17-14-31(36(50)43-16-15-42-33(48)22-41)44-37(51)52-18-19-53(4,5)6/h7-13,20-21,24,31,35,47H,14-19,22-23,25,41H2,1-6H3,(H,42,48)(H,43,50)(H,44,51)/t31-,35-/m0/s1. The van der Waals surface area contributed by atoms with Gasteiger partial charge in [0.25, 0.3) is 0 Å². The van der Waals surface area contributed by atoms with E-state index >= 15 is 4.39 Å². The highest BCUT2D eigenvalue weighted by atomic mass is 28.3. The molecule has 6 N–H and O–H groups in total. The molecule has 12 nitrogen and oxygen atoms in total. The first kappa shape index (κ1) is 42.8. The maximum atomic E-state index is 15.1. The Morgan fingerprint density at radius 2 is 1.68 bits per heavy atom. The highest BCUT2D eigenvalue weighted by Crippen LogP contribution is 2.41. The van der Waals surface area contributed by atoms with Crippen LogP contribution in [0, 0.1) is 17.0 Å². The number of rotatable bonds is 18. The van der Waals surface area contributed by atoms with Gasteiger partial charge >= 0.3 is 6.09 Å². The van der Waals surface area contributed by atoms with Crippen LogP contribution in [0.25, 0.3) is 11.1 Å². The number of hydrogen-bond donors (Lipinski definition) is 5. The summed E-state index contributed by atoms with van der Waals surface area (Å²) in [4.78, 5) is 53.0. The maximum Gasteiger partial charge on any atom is 0.407 e. The molecule has 0 bridgehead atoms. The van der Waals surface area contributed by atoms with Gasteiger partial charge in [-0.3, -0.25) is 14.4 Å². The lowest BCUT2D eigenvalue weighted by atomic mass is 9.82. The molecule has 53 heavy (non-hydrogen) atoms. The molecule has 3 aromatic rings. The van der Waals surface area contributed by atoms with Crippen molar-refractivity contribution in [2.45, 2.75) is 71.5 Å². The van der Waals surface area contributed by atoms with Crippen molar-refractivity contribution in [2.24, 2.45) is 11.1 Å². The van der Waals surface area contributed by atoms with Crippen LogP contribution in [0.5, 0.6) is 0 Å². The molecule has 0 aliphatic carbocycles. The van der Waals surface area contributed by atoms with Crippen LogP contribution in [0.3, 0.4) is 0 Å². The zero-order valence-electron chi connectivity index (χ0n) is 31.5. The average molecular weight is 757 g/mol. The summed E-state index contributed by atoms with van der Waals surface area (Å²) < 4.78 is 36.8. The number of halogens is 2. The molecule has 15 heteroatoms. The van der Waals surface area contributed by atoms with Crippen LogP contribution in [0.1, 0.15) is 44.5 Å². The monoisotopic (exact) mass is 756 g/mol. The van der Waals surface area contributed by atoms with Crippen molar-refractivity contribution in [3.8, 4) is 11.1 Å². The predicted octanol–water partition coefficient (Wildman–Crippen LogP) is 4.40. The Hall–Kier alpha value is -4.60. The largest absolute Gasteiger partial charge is 0.450 e. The molecular formula is C38H54F2N6O6Si. The minimum absolute atomic E-state index is 0.0435. The number of aromatic nitrogens is 1. The second-order valence-electron chi connectivity index (χ2n) is 15.2. The lowest BCUT2D eigenvalue weighted by Crippen LogP contribution is -2.51. The van der Waals surface area contributed by atoms with Gasteiger partial charge in [-0.25, -0.2) is 13.6 Å². The number of amides is 4. The molecule has 2 aromatic carbocycles. The van der Waals surface area contributed by atoms with Gasteiger partial charge in [0, 0.05) is 57.3 Å². The van der Waals surface area contributed by atoms with E-state index in [4.69, 9.17) is 10.5 Å². The van der Waals surface area contributed by atoms with Crippen LogP contribution in [0.4, 0.5) is 13.6 Å². The highest BCUT2D eigenvalue weighted by molar-refractivity contribution is 6.76. The second-order valence-corrected chi connectivity index (χ2v) is 20.8. The third-order valence-corrected chi connectivity index (χ3v) is 10.2. The number of ether oxygens (including phenoxy) is 1. The van der Waals surface area contributed by atoms with Gasteiger partial charge in [0.2, 0.25) is 17.7 Å². The Balaban J connectivity index is 2.02. The van der Waals surface area contributed by atoms with Gasteiger partial charge in [0.15, 0.2) is 0 Å². The van der Waals surface area contributed by atoms with E-state index in [9.17, 15) is 28.7 Å². The molecular weight excluding hydrogens is 703 g/mol. The fourth-order valence-electron chi connectivity index (χ4n) is 5.85. The van der Waals surface area contributed by atoms with E-state index < -0.39 is 67.6 Å². The number of nitrogens with zero attached hydrogens (tertiary/aromatic N) is 2. The quantitative estimate of drug-likeness (QED) is 0.0948. The van der Waals surface area contributed by atoms with Crippen LogP contribution in [0.15, 0.2) is 60.8 Å². The van der Waals surface area contributed by atoms with E-state index in [0.717, 1.165) is 23.8 Å². The van der Waals surface area contributed by atoms with Crippen LogP contribution in [-0.4, -0.2) is 91.9 Å². The molecule has 0 radical (unpaired) electrons. The normalized spacial score (nSPS) is 12.8. The van der Waals surface area contributed by atoms with Crippen molar-refractivity contribution in [3.05, 3.63) is 83.7 Å². The van der Waals surface area contributed by atoms with Crippen molar-refractivity contribution in [3.63, 3.8) is 0 Å². The zero-order chi connectivity index (χ0) is 39.3. The Morgan fingerprint density at radius 1 is 1.00 bits per heavy atom. The summed E-state index contributed by atoms with van der Waals surface area (Å²) >= 11 is 0. The number of benzene rings is 2. The van der Waals surface area contributed by atoms with E-state index in [-0.39, 0.29) is 44.8 Å². The van der Waals surface area contributed by atoms with Gasteiger partial charge in [-0.2, -0.15) is 0 Å². The molecule has 1 heterocycles. The number of nitrogens with one attached hydrogen (secondary N) is 3. The van der Waals surface area contributed by atoms with Crippen molar-refractivity contribution in [1.29, 1.82) is 0 Å². The van der Waals surface area contributed by atoms with Crippen LogP contribution in [0.2, 0.25) is 25.7 Å². The van der Waals surface area contributed by atoms with Crippen molar-refractivity contribution in [1.82, 2.24) is 25.4 Å². The van der Waals surface area contributed by atoms with E-state index in [1.807, 2.05) is 55.7 Å². The van der Waals surface area contributed by atoms with Gasteiger partial charge in [-0.15, -0.1) is 0 Å². The van der Waals surface area contributed by atoms with Crippen molar-refractivity contribution in [2.75, 3.05) is 39.4 Å². The lowest BCUT2D eigenvalue weighted by molar-refractivity contribution is -0.140. The number of nitrogens with two attached hydrogens (primary N) is 1. The fraction of sp³-hybridized carbons (Fsp3) is 0.474. The van der Waals surface area contributed by atoms with Gasteiger partial charge in [-0.05, 0) is 47.7 Å². The smallest absolute Gasteiger partial charge is 0.407 e. The third kappa shape index (κ3) is 13.4. The Kier molecular flexibility index (Phi) is 15.7. The lowest BCUT2D eigenvalue weighted by Gasteiger charge is -2.41. The van der Waals surface area contributed by atoms with Crippen LogP contribution >= 0.6 is 0 Å². The van der Waals surface area contributed by atoms with Crippen LogP contribution < -0.4 is 21.7 Å². The molecule has 1 aromatic heterocycles.